The van der Waals surface area contributed by atoms with Gasteiger partial charge in [-0.3, -0.25) is 4.79 Å². The lowest BCUT2D eigenvalue weighted by Crippen LogP contribution is -2.14. The fourth-order valence-corrected chi connectivity index (χ4v) is 2.64. The molecular weight excluding hydrogens is 334 g/mol. The van der Waals surface area contributed by atoms with Crippen molar-refractivity contribution in [1.82, 2.24) is 0 Å². The van der Waals surface area contributed by atoms with E-state index in [1.807, 2.05) is 0 Å². The minimum absolute atomic E-state index is 0.142. The van der Waals surface area contributed by atoms with Gasteiger partial charge in [0.2, 0.25) is 5.91 Å². The summed E-state index contributed by atoms with van der Waals surface area (Å²) in [6.45, 7) is 2.19. The third-order valence-corrected chi connectivity index (χ3v) is 4.07. The number of carbonyl (C=O) groups excluding carboxylic acids is 3. The Kier molecular flexibility index (Phi) is 10.1. The Bertz CT molecular complexity index is 578. The Morgan fingerprint density at radius 3 is 1.81 bits per heavy atom. The van der Waals surface area contributed by atoms with Gasteiger partial charge in [0, 0.05) is 12.1 Å². The molecule has 0 aliphatic rings. The van der Waals surface area contributed by atoms with E-state index in [1.54, 1.807) is 0 Å². The average molecular weight is 363 g/mol. The summed E-state index contributed by atoms with van der Waals surface area (Å²) in [6.07, 6.45) is 8.32. The van der Waals surface area contributed by atoms with Gasteiger partial charge in [0.25, 0.3) is 0 Å². The van der Waals surface area contributed by atoms with E-state index in [0.717, 1.165) is 19.3 Å². The first kappa shape index (κ1) is 21.7. The molecule has 1 aromatic rings. The Balaban J connectivity index is 2.60. The zero-order chi connectivity index (χ0) is 19.4. The standard InChI is InChI=1S/C20H29NO5/c1-4-5-6-7-8-9-10-11-18(22)21-17-13-15(19(23)25-2)12-16(14-17)20(24)26-3/h12-14H,4-11H2,1-3H3,(H,21,22). The molecule has 26 heavy (non-hydrogen) atoms. The fourth-order valence-electron chi connectivity index (χ4n) is 2.64. The van der Waals surface area contributed by atoms with Crippen molar-refractivity contribution in [2.45, 2.75) is 58.3 Å². The van der Waals surface area contributed by atoms with Crippen LogP contribution in [0.5, 0.6) is 0 Å². The number of carbonyl (C=O) groups is 3. The Morgan fingerprint density at radius 2 is 1.31 bits per heavy atom. The second-order valence-electron chi connectivity index (χ2n) is 6.20. The smallest absolute Gasteiger partial charge is 0.337 e. The SMILES string of the molecule is CCCCCCCCCC(=O)Nc1cc(C(=O)OC)cc(C(=O)OC)c1. The maximum absolute atomic E-state index is 12.1. The number of unbranched alkanes of at least 4 members (excludes halogenated alkanes) is 6. The van der Waals surface area contributed by atoms with Crippen LogP contribution in [0.15, 0.2) is 18.2 Å². The molecule has 0 aromatic heterocycles. The van der Waals surface area contributed by atoms with Crippen molar-refractivity contribution in [3.63, 3.8) is 0 Å². The summed E-state index contributed by atoms with van der Waals surface area (Å²) in [5.41, 5.74) is 0.740. The highest BCUT2D eigenvalue weighted by molar-refractivity contribution is 5.99. The van der Waals surface area contributed by atoms with Crippen molar-refractivity contribution >= 4 is 23.5 Å². The van der Waals surface area contributed by atoms with Gasteiger partial charge in [0.1, 0.15) is 0 Å². The molecule has 1 aromatic carbocycles. The van der Waals surface area contributed by atoms with Crippen molar-refractivity contribution in [2.75, 3.05) is 19.5 Å². The van der Waals surface area contributed by atoms with E-state index in [9.17, 15) is 14.4 Å². The van der Waals surface area contributed by atoms with Crippen LogP contribution in [-0.2, 0) is 14.3 Å². The maximum atomic E-state index is 12.1. The van der Waals surface area contributed by atoms with Crippen LogP contribution in [0.4, 0.5) is 5.69 Å². The molecule has 0 atom stereocenters. The minimum atomic E-state index is -0.585. The first-order valence-corrected chi connectivity index (χ1v) is 9.13. The predicted octanol–water partition coefficient (Wildman–Crippen LogP) is 4.34. The monoisotopic (exact) mass is 363 g/mol. The minimum Gasteiger partial charge on any atom is -0.465 e. The Labute approximate surface area is 155 Å². The molecule has 6 nitrogen and oxygen atoms in total. The molecule has 0 saturated carbocycles. The lowest BCUT2D eigenvalue weighted by Gasteiger charge is -2.09. The van der Waals surface area contributed by atoms with Gasteiger partial charge in [-0.1, -0.05) is 45.4 Å². The van der Waals surface area contributed by atoms with Gasteiger partial charge in [0.15, 0.2) is 0 Å². The van der Waals surface area contributed by atoms with E-state index < -0.39 is 11.9 Å². The van der Waals surface area contributed by atoms with Crippen molar-refractivity contribution in [3.8, 4) is 0 Å². The molecule has 6 heteroatoms. The zero-order valence-corrected chi connectivity index (χ0v) is 15.9. The summed E-state index contributed by atoms with van der Waals surface area (Å²) in [5, 5.41) is 2.74. The largest absolute Gasteiger partial charge is 0.465 e. The van der Waals surface area contributed by atoms with E-state index in [0.29, 0.717) is 12.1 Å². The van der Waals surface area contributed by atoms with Crippen LogP contribution in [-0.4, -0.2) is 32.1 Å². The molecule has 0 bridgehead atoms. The van der Waals surface area contributed by atoms with Crippen molar-refractivity contribution in [2.24, 2.45) is 0 Å². The molecule has 0 fully saturated rings. The van der Waals surface area contributed by atoms with E-state index in [2.05, 4.69) is 21.7 Å². The molecule has 0 saturated heterocycles. The number of methoxy groups -OCH3 is 2. The zero-order valence-electron chi connectivity index (χ0n) is 15.9. The number of esters is 2. The maximum Gasteiger partial charge on any atom is 0.337 e. The molecule has 0 aliphatic heterocycles. The topological polar surface area (TPSA) is 81.7 Å². The lowest BCUT2D eigenvalue weighted by atomic mass is 10.1. The molecule has 0 radical (unpaired) electrons. The normalized spacial score (nSPS) is 10.3. The fraction of sp³-hybridized carbons (Fsp3) is 0.550. The van der Waals surface area contributed by atoms with Gasteiger partial charge in [0.05, 0.1) is 25.3 Å². The molecule has 0 spiro atoms. The number of rotatable bonds is 11. The van der Waals surface area contributed by atoms with Crippen molar-refractivity contribution < 1.29 is 23.9 Å². The van der Waals surface area contributed by atoms with Crippen LogP contribution < -0.4 is 5.32 Å². The van der Waals surface area contributed by atoms with Gasteiger partial charge >= 0.3 is 11.9 Å². The second kappa shape index (κ2) is 12.1. The number of nitrogens with one attached hydrogen (secondary N) is 1. The number of ether oxygens (including phenoxy) is 2. The number of amides is 1. The van der Waals surface area contributed by atoms with Gasteiger partial charge < -0.3 is 14.8 Å². The van der Waals surface area contributed by atoms with Gasteiger partial charge in [-0.15, -0.1) is 0 Å². The third kappa shape index (κ3) is 7.68. The summed E-state index contributed by atoms with van der Waals surface area (Å²) in [5.74, 6) is -1.31. The van der Waals surface area contributed by atoms with Gasteiger partial charge in [-0.2, -0.15) is 0 Å². The summed E-state index contributed by atoms with van der Waals surface area (Å²) in [4.78, 5) is 35.6. The third-order valence-electron chi connectivity index (χ3n) is 4.07. The van der Waals surface area contributed by atoms with E-state index in [4.69, 9.17) is 0 Å². The van der Waals surface area contributed by atoms with Crippen LogP contribution in [0.3, 0.4) is 0 Å². The lowest BCUT2D eigenvalue weighted by molar-refractivity contribution is -0.116. The molecule has 1 rings (SSSR count). The highest BCUT2D eigenvalue weighted by atomic mass is 16.5. The molecule has 1 amide bonds. The molecular formula is C20H29NO5. The molecule has 0 heterocycles. The molecule has 1 N–H and O–H groups in total. The predicted molar refractivity (Wildman–Crippen MR) is 100 cm³/mol. The quantitative estimate of drug-likeness (QED) is 0.467. The number of benzene rings is 1. The first-order chi connectivity index (χ1) is 12.5. The Morgan fingerprint density at radius 1 is 0.808 bits per heavy atom. The van der Waals surface area contributed by atoms with E-state index in [1.165, 1.54) is 58.1 Å². The summed E-state index contributed by atoms with van der Waals surface area (Å²) in [6, 6.07) is 4.35. The molecule has 0 aliphatic carbocycles. The summed E-state index contributed by atoms with van der Waals surface area (Å²) < 4.78 is 9.36. The van der Waals surface area contributed by atoms with E-state index >= 15 is 0 Å². The van der Waals surface area contributed by atoms with E-state index in [-0.39, 0.29) is 17.0 Å². The second-order valence-corrected chi connectivity index (χ2v) is 6.20. The number of hydrogen-bond acceptors (Lipinski definition) is 5. The van der Waals surface area contributed by atoms with Gasteiger partial charge in [-0.05, 0) is 24.6 Å². The van der Waals surface area contributed by atoms with Crippen LogP contribution in [0, 0.1) is 0 Å². The Hall–Kier alpha value is -2.37. The van der Waals surface area contributed by atoms with Crippen LogP contribution in [0.25, 0.3) is 0 Å². The highest BCUT2D eigenvalue weighted by Gasteiger charge is 2.14. The molecule has 144 valence electrons. The average Bonchev–Trinajstić information content (AvgIpc) is 2.65. The summed E-state index contributed by atoms with van der Waals surface area (Å²) in [7, 11) is 2.51. The van der Waals surface area contributed by atoms with Crippen LogP contribution in [0.2, 0.25) is 0 Å². The van der Waals surface area contributed by atoms with Crippen molar-refractivity contribution in [3.05, 3.63) is 29.3 Å². The van der Waals surface area contributed by atoms with Crippen LogP contribution >= 0.6 is 0 Å². The molecule has 0 unspecified atom stereocenters. The highest BCUT2D eigenvalue weighted by Crippen LogP contribution is 2.18. The number of anilines is 1. The number of hydrogen-bond donors (Lipinski definition) is 1. The van der Waals surface area contributed by atoms with Gasteiger partial charge in [-0.25, -0.2) is 9.59 Å². The first-order valence-electron chi connectivity index (χ1n) is 9.13. The van der Waals surface area contributed by atoms with Crippen molar-refractivity contribution in [1.29, 1.82) is 0 Å². The summed E-state index contributed by atoms with van der Waals surface area (Å²) >= 11 is 0. The van der Waals surface area contributed by atoms with Crippen LogP contribution in [0.1, 0.15) is 79.0 Å².